The summed E-state index contributed by atoms with van der Waals surface area (Å²) in [6.07, 6.45) is 1.72. The molecule has 1 heterocycles. The van der Waals surface area contributed by atoms with Gasteiger partial charge in [-0.1, -0.05) is 0 Å². The van der Waals surface area contributed by atoms with Gasteiger partial charge in [-0.05, 0) is 43.7 Å². The molecule has 1 aromatic rings. The van der Waals surface area contributed by atoms with Crippen LogP contribution in [-0.4, -0.2) is 63.3 Å². The van der Waals surface area contributed by atoms with Crippen LogP contribution in [0.5, 0.6) is 0 Å². The Kier molecular flexibility index (Phi) is 8.78. The number of carbonyl (C=O) groups is 1. The molecular weight excluding hydrogens is 369 g/mol. The van der Waals surface area contributed by atoms with Gasteiger partial charge in [0, 0.05) is 39.6 Å². The zero-order valence-electron chi connectivity index (χ0n) is 14.3. The smallest absolute Gasteiger partial charge is 0.242 e. The highest BCUT2D eigenvalue weighted by atomic mass is 35.5. The first kappa shape index (κ1) is 21.8. The fourth-order valence-corrected chi connectivity index (χ4v) is 3.82. The maximum absolute atomic E-state index is 12.9. The molecule has 0 saturated carbocycles. The van der Waals surface area contributed by atoms with Gasteiger partial charge in [-0.15, -0.1) is 12.4 Å². The topological polar surface area (TPSA) is 69.7 Å². The highest BCUT2D eigenvalue weighted by Crippen LogP contribution is 2.15. The minimum Gasteiger partial charge on any atom is -0.341 e. The number of rotatable bonds is 6. The average molecular weight is 394 g/mol. The predicted molar refractivity (Wildman–Crippen MR) is 96.8 cm³/mol. The molecule has 1 aromatic carbocycles. The summed E-state index contributed by atoms with van der Waals surface area (Å²) in [5.41, 5.74) is 0. The van der Waals surface area contributed by atoms with Gasteiger partial charge in [-0.3, -0.25) is 4.79 Å². The number of nitrogens with zero attached hydrogens (tertiary/aromatic N) is 2. The molecule has 1 aliphatic rings. The quantitative estimate of drug-likeness (QED) is 0.794. The van der Waals surface area contributed by atoms with Gasteiger partial charge in [0.2, 0.25) is 15.9 Å². The van der Waals surface area contributed by atoms with Gasteiger partial charge in [0.05, 0.1) is 4.90 Å². The lowest BCUT2D eigenvalue weighted by Gasteiger charge is -2.21. The van der Waals surface area contributed by atoms with Crippen LogP contribution in [0.2, 0.25) is 0 Å². The normalized spacial score (nSPS) is 15.6. The van der Waals surface area contributed by atoms with E-state index in [-0.39, 0.29) is 29.8 Å². The Morgan fingerprint density at radius 1 is 1.24 bits per heavy atom. The van der Waals surface area contributed by atoms with Crippen LogP contribution in [0.4, 0.5) is 4.39 Å². The second kappa shape index (κ2) is 10.1. The van der Waals surface area contributed by atoms with Crippen molar-refractivity contribution in [1.82, 2.24) is 14.5 Å². The molecular formula is C16H25ClFN3O3S. The molecule has 0 atom stereocenters. The number of amides is 1. The van der Waals surface area contributed by atoms with Crippen LogP contribution in [0.15, 0.2) is 29.2 Å². The number of carbonyl (C=O) groups excluding carboxylic acids is 1. The van der Waals surface area contributed by atoms with Gasteiger partial charge in [0.15, 0.2) is 0 Å². The second-order valence-corrected chi connectivity index (χ2v) is 7.91. The summed E-state index contributed by atoms with van der Waals surface area (Å²) in [6.45, 7) is 3.41. The largest absolute Gasteiger partial charge is 0.341 e. The van der Waals surface area contributed by atoms with Crippen LogP contribution in [0, 0.1) is 5.82 Å². The molecule has 0 radical (unpaired) electrons. The Bertz CT molecular complexity index is 647. The number of halogens is 2. The third-order valence-corrected chi connectivity index (χ3v) is 5.95. The Labute approximate surface area is 154 Å². The third-order valence-electron chi connectivity index (χ3n) is 4.08. The van der Waals surface area contributed by atoms with Gasteiger partial charge in [0.25, 0.3) is 0 Å². The number of nitrogens with one attached hydrogen (secondary N) is 1. The molecule has 0 aromatic heterocycles. The summed E-state index contributed by atoms with van der Waals surface area (Å²) in [5, 5.41) is 3.24. The Morgan fingerprint density at radius 3 is 2.60 bits per heavy atom. The van der Waals surface area contributed by atoms with Gasteiger partial charge in [0.1, 0.15) is 5.82 Å². The van der Waals surface area contributed by atoms with E-state index in [0.29, 0.717) is 19.4 Å². The van der Waals surface area contributed by atoms with Gasteiger partial charge in [-0.25, -0.2) is 17.1 Å². The van der Waals surface area contributed by atoms with E-state index in [1.165, 1.54) is 23.5 Å². The molecule has 0 unspecified atom stereocenters. The Balaban J connectivity index is 0.00000312. The van der Waals surface area contributed by atoms with Crippen molar-refractivity contribution in [3.8, 4) is 0 Å². The molecule has 2 rings (SSSR count). The van der Waals surface area contributed by atoms with E-state index >= 15 is 0 Å². The molecule has 0 aliphatic carbocycles. The standard InChI is InChI=1S/C16H24FN3O3S.ClH/c1-19(24(22,23)15-7-5-14(17)6-8-15)11-2-4-16(21)20-12-3-9-18-10-13-20;/h5-8,18H,2-4,9-13H2,1H3;1H. The first-order chi connectivity index (χ1) is 11.4. The molecule has 1 saturated heterocycles. The fourth-order valence-electron chi connectivity index (χ4n) is 2.61. The van der Waals surface area contributed by atoms with Gasteiger partial charge < -0.3 is 10.2 Å². The first-order valence-corrected chi connectivity index (χ1v) is 9.55. The Morgan fingerprint density at radius 2 is 1.92 bits per heavy atom. The highest BCUT2D eigenvalue weighted by molar-refractivity contribution is 7.89. The van der Waals surface area contributed by atoms with Crippen LogP contribution >= 0.6 is 12.4 Å². The molecule has 9 heteroatoms. The summed E-state index contributed by atoms with van der Waals surface area (Å²) in [5.74, 6) is -0.416. The lowest BCUT2D eigenvalue weighted by atomic mass is 10.2. The Hall–Kier alpha value is -1.22. The highest BCUT2D eigenvalue weighted by Gasteiger charge is 2.21. The zero-order valence-corrected chi connectivity index (χ0v) is 15.9. The zero-order chi connectivity index (χ0) is 17.6. The summed E-state index contributed by atoms with van der Waals surface area (Å²) < 4.78 is 38.9. The van der Waals surface area contributed by atoms with E-state index in [1.54, 1.807) is 0 Å². The minimum atomic E-state index is -3.65. The molecule has 142 valence electrons. The van der Waals surface area contributed by atoms with Crippen molar-refractivity contribution in [1.29, 1.82) is 0 Å². The lowest BCUT2D eigenvalue weighted by Crippen LogP contribution is -2.35. The summed E-state index contributed by atoms with van der Waals surface area (Å²) >= 11 is 0. The van der Waals surface area contributed by atoms with E-state index in [0.717, 1.165) is 38.2 Å². The number of hydrogen-bond acceptors (Lipinski definition) is 4. The maximum atomic E-state index is 12.9. The summed E-state index contributed by atoms with van der Waals surface area (Å²) in [4.78, 5) is 14.1. The lowest BCUT2D eigenvalue weighted by molar-refractivity contribution is -0.131. The van der Waals surface area contributed by atoms with E-state index in [4.69, 9.17) is 0 Å². The van der Waals surface area contributed by atoms with Crippen LogP contribution in [-0.2, 0) is 14.8 Å². The second-order valence-electron chi connectivity index (χ2n) is 5.87. The molecule has 0 spiro atoms. The molecule has 1 amide bonds. The maximum Gasteiger partial charge on any atom is 0.242 e. The molecule has 1 fully saturated rings. The summed E-state index contributed by atoms with van der Waals surface area (Å²) in [7, 11) is -2.18. The van der Waals surface area contributed by atoms with Crippen molar-refractivity contribution in [3.63, 3.8) is 0 Å². The predicted octanol–water partition coefficient (Wildman–Crippen LogP) is 1.47. The average Bonchev–Trinajstić information content (AvgIpc) is 2.84. The van der Waals surface area contributed by atoms with Crippen molar-refractivity contribution >= 4 is 28.3 Å². The van der Waals surface area contributed by atoms with Gasteiger partial charge in [-0.2, -0.15) is 0 Å². The molecule has 0 bridgehead atoms. The molecule has 6 nitrogen and oxygen atoms in total. The van der Waals surface area contributed by atoms with Crippen LogP contribution in [0.3, 0.4) is 0 Å². The molecule has 1 aliphatic heterocycles. The van der Waals surface area contributed by atoms with Crippen LogP contribution < -0.4 is 5.32 Å². The molecule has 1 N–H and O–H groups in total. The van der Waals surface area contributed by atoms with Crippen molar-refractivity contribution in [2.24, 2.45) is 0 Å². The number of hydrogen-bond donors (Lipinski definition) is 1. The van der Waals surface area contributed by atoms with Crippen molar-refractivity contribution < 1.29 is 17.6 Å². The monoisotopic (exact) mass is 393 g/mol. The van der Waals surface area contributed by atoms with E-state index in [1.807, 2.05) is 4.90 Å². The minimum absolute atomic E-state index is 0. The van der Waals surface area contributed by atoms with Crippen molar-refractivity contribution in [2.45, 2.75) is 24.2 Å². The van der Waals surface area contributed by atoms with Crippen LogP contribution in [0.25, 0.3) is 0 Å². The number of sulfonamides is 1. The fraction of sp³-hybridized carbons (Fsp3) is 0.562. The molecule has 25 heavy (non-hydrogen) atoms. The van der Waals surface area contributed by atoms with E-state index in [9.17, 15) is 17.6 Å². The van der Waals surface area contributed by atoms with E-state index < -0.39 is 15.8 Å². The number of benzene rings is 1. The van der Waals surface area contributed by atoms with Crippen LogP contribution in [0.1, 0.15) is 19.3 Å². The SMILES string of the molecule is CN(CCCC(=O)N1CCCNCC1)S(=O)(=O)c1ccc(F)cc1.Cl. The van der Waals surface area contributed by atoms with Gasteiger partial charge >= 0.3 is 0 Å². The third kappa shape index (κ3) is 6.22. The van der Waals surface area contributed by atoms with E-state index in [2.05, 4.69) is 5.32 Å². The summed E-state index contributed by atoms with van der Waals surface area (Å²) in [6, 6.07) is 4.74. The van der Waals surface area contributed by atoms with Crippen molar-refractivity contribution in [2.75, 3.05) is 39.8 Å². The first-order valence-electron chi connectivity index (χ1n) is 8.11. The van der Waals surface area contributed by atoms with Crippen molar-refractivity contribution in [3.05, 3.63) is 30.1 Å².